The molecule has 1 aromatic rings. The van der Waals surface area contributed by atoms with Crippen LogP contribution >= 0.6 is 0 Å². The summed E-state index contributed by atoms with van der Waals surface area (Å²) < 4.78 is 0. The van der Waals surface area contributed by atoms with Crippen molar-refractivity contribution in [3.63, 3.8) is 0 Å². The Morgan fingerprint density at radius 2 is 2.00 bits per heavy atom. The molecule has 1 aliphatic carbocycles. The molecule has 0 saturated heterocycles. The number of amides is 1. The zero-order valence-corrected chi connectivity index (χ0v) is 11.0. The predicted molar refractivity (Wildman–Crippen MR) is 71.6 cm³/mol. The van der Waals surface area contributed by atoms with Gasteiger partial charge in [-0.15, -0.1) is 0 Å². The summed E-state index contributed by atoms with van der Waals surface area (Å²) in [7, 11) is 0. The molecular formula is C15H19NO3. The van der Waals surface area contributed by atoms with E-state index in [0.29, 0.717) is 12.3 Å². The average Bonchev–Trinajstić information content (AvgIpc) is 3.12. The number of carbonyl (C=O) groups excluding carboxylic acids is 1. The first-order valence-corrected chi connectivity index (χ1v) is 6.62. The summed E-state index contributed by atoms with van der Waals surface area (Å²) in [6.07, 6.45) is 1.36. The maximum Gasteiger partial charge on any atom is 0.308 e. The summed E-state index contributed by atoms with van der Waals surface area (Å²) in [6.45, 7) is 2.23. The molecule has 3 atom stereocenters. The third-order valence-electron chi connectivity index (χ3n) is 3.64. The van der Waals surface area contributed by atoms with Crippen LogP contribution in [0.2, 0.25) is 0 Å². The van der Waals surface area contributed by atoms with Crippen molar-refractivity contribution in [2.24, 2.45) is 17.8 Å². The highest BCUT2D eigenvalue weighted by molar-refractivity contribution is 5.82. The fraction of sp³-hybridized carbons (Fsp3) is 0.467. The lowest BCUT2D eigenvalue weighted by atomic mass is 9.99. The summed E-state index contributed by atoms with van der Waals surface area (Å²) >= 11 is 0. The Hall–Kier alpha value is -1.84. The lowest BCUT2D eigenvalue weighted by Crippen LogP contribution is -2.35. The largest absolute Gasteiger partial charge is 0.481 e. The number of aliphatic carboxylic acids is 1. The molecule has 0 radical (unpaired) electrons. The molecule has 2 rings (SSSR count). The Morgan fingerprint density at radius 3 is 2.53 bits per heavy atom. The van der Waals surface area contributed by atoms with Gasteiger partial charge < -0.3 is 10.4 Å². The molecule has 0 bridgehead atoms. The van der Waals surface area contributed by atoms with Crippen LogP contribution in [-0.2, 0) is 16.0 Å². The van der Waals surface area contributed by atoms with Gasteiger partial charge in [-0.25, -0.2) is 0 Å². The minimum atomic E-state index is -0.868. The first kappa shape index (κ1) is 13.6. The van der Waals surface area contributed by atoms with E-state index in [1.165, 1.54) is 0 Å². The van der Waals surface area contributed by atoms with Crippen molar-refractivity contribution in [3.05, 3.63) is 35.9 Å². The molecule has 0 heterocycles. The number of carboxylic acid groups (broad SMARTS) is 1. The first-order valence-electron chi connectivity index (χ1n) is 6.62. The van der Waals surface area contributed by atoms with Crippen LogP contribution in [0.3, 0.4) is 0 Å². The van der Waals surface area contributed by atoms with Crippen molar-refractivity contribution >= 4 is 11.9 Å². The predicted octanol–water partition coefficient (Wildman–Crippen LogP) is 1.70. The number of hydrogen-bond donors (Lipinski definition) is 2. The van der Waals surface area contributed by atoms with E-state index in [2.05, 4.69) is 5.32 Å². The van der Waals surface area contributed by atoms with Crippen LogP contribution in [0.4, 0.5) is 0 Å². The topological polar surface area (TPSA) is 66.4 Å². The van der Waals surface area contributed by atoms with E-state index in [9.17, 15) is 14.7 Å². The summed E-state index contributed by atoms with van der Waals surface area (Å²) in [6, 6.07) is 9.48. The van der Waals surface area contributed by atoms with Gasteiger partial charge >= 0.3 is 5.97 Å². The standard InChI is InChI=1S/C15H19NO3/c1-10-7-13(10)14(17)16-9-12(15(18)19)8-11-5-3-2-4-6-11/h2-6,10,12-13H,7-9H2,1H3,(H,16,17)(H,18,19). The Bertz CT molecular complexity index is 458. The van der Waals surface area contributed by atoms with E-state index in [1.807, 2.05) is 37.3 Å². The van der Waals surface area contributed by atoms with Gasteiger partial charge in [-0.3, -0.25) is 9.59 Å². The second kappa shape index (κ2) is 5.87. The molecule has 1 saturated carbocycles. The van der Waals surface area contributed by atoms with Gasteiger partial charge in [0.05, 0.1) is 5.92 Å². The molecule has 4 heteroatoms. The van der Waals surface area contributed by atoms with Gasteiger partial charge in [-0.1, -0.05) is 37.3 Å². The zero-order chi connectivity index (χ0) is 13.8. The molecule has 4 nitrogen and oxygen atoms in total. The third-order valence-corrected chi connectivity index (χ3v) is 3.64. The summed E-state index contributed by atoms with van der Waals surface area (Å²) in [4.78, 5) is 22.9. The van der Waals surface area contributed by atoms with E-state index in [1.54, 1.807) is 0 Å². The SMILES string of the molecule is CC1CC1C(=O)NCC(Cc1ccccc1)C(=O)O. The fourth-order valence-corrected chi connectivity index (χ4v) is 2.19. The van der Waals surface area contributed by atoms with Crippen LogP contribution in [0.15, 0.2) is 30.3 Å². The average molecular weight is 261 g/mol. The second-order valence-corrected chi connectivity index (χ2v) is 5.29. The fourth-order valence-electron chi connectivity index (χ4n) is 2.19. The minimum Gasteiger partial charge on any atom is -0.481 e. The van der Waals surface area contributed by atoms with Gasteiger partial charge in [0.1, 0.15) is 0 Å². The molecule has 1 aliphatic rings. The van der Waals surface area contributed by atoms with Gasteiger partial charge in [-0.05, 0) is 24.3 Å². The molecule has 2 N–H and O–H groups in total. The third kappa shape index (κ3) is 3.81. The maximum atomic E-state index is 11.7. The second-order valence-electron chi connectivity index (χ2n) is 5.29. The lowest BCUT2D eigenvalue weighted by molar-refractivity contribution is -0.141. The molecule has 0 aliphatic heterocycles. The summed E-state index contributed by atoms with van der Waals surface area (Å²) in [5.74, 6) is -0.913. The normalized spacial score (nSPS) is 22.6. The van der Waals surface area contributed by atoms with Crippen molar-refractivity contribution in [1.29, 1.82) is 0 Å². The number of carboxylic acids is 1. The van der Waals surface area contributed by atoms with Gasteiger partial charge in [0.15, 0.2) is 0 Å². The minimum absolute atomic E-state index is 0.00758. The maximum absolute atomic E-state index is 11.7. The van der Waals surface area contributed by atoms with Crippen LogP contribution in [0.1, 0.15) is 18.9 Å². The van der Waals surface area contributed by atoms with Gasteiger partial charge in [0.2, 0.25) is 5.91 Å². The van der Waals surface area contributed by atoms with Crippen LogP contribution in [0, 0.1) is 17.8 Å². The van der Waals surface area contributed by atoms with Crippen molar-refractivity contribution in [2.45, 2.75) is 19.8 Å². The molecule has 0 aromatic heterocycles. The number of carbonyl (C=O) groups is 2. The molecule has 1 amide bonds. The Morgan fingerprint density at radius 1 is 1.37 bits per heavy atom. The van der Waals surface area contributed by atoms with Crippen molar-refractivity contribution in [2.75, 3.05) is 6.54 Å². The lowest BCUT2D eigenvalue weighted by Gasteiger charge is -2.13. The summed E-state index contributed by atoms with van der Waals surface area (Å²) in [5.41, 5.74) is 0.976. The molecule has 19 heavy (non-hydrogen) atoms. The van der Waals surface area contributed by atoms with Crippen molar-refractivity contribution in [1.82, 2.24) is 5.32 Å². The van der Waals surface area contributed by atoms with E-state index >= 15 is 0 Å². The smallest absolute Gasteiger partial charge is 0.308 e. The van der Waals surface area contributed by atoms with Gasteiger partial charge in [0.25, 0.3) is 0 Å². The highest BCUT2D eigenvalue weighted by Gasteiger charge is 2.39. The monoisotopic (exact) mass is 261 g/mol. The molecule has 102 valence electrons. The van der Waals surface area contributed by atoms with E-state index < -0.39 is 11.9 Å². The van der Waals surface area contributed by atoms with Crippen LogP contribution in [-0.4, -0.2) is 23.5 Å². The number of benzene rings is 1. The molecule has 3 unspecified atom stereocenters. The van der Waals surface area contributed by atoms with Crippen molar-refractivity contribution in [3.8, 4) is 0 Å². The Kier molecular flexibility index (Phi) is 4.20. The van der Waals surface area contributed by atoms with E-state index in [-0.39, 0.29) is 18.4 Å². The first-order chi connectivity index (χ1) is 9.08. The highest BCUT2D eigenvalue weighted by atomic mass is 16.4. The molecule has 1 aromatic carbocycles. The molecular weight excluding hydrogens is 242 g/mol. The van der Waals surface area contributed by atoms with Gasteiger partial charge in [-0.2, -0.15) is 0 Å². The zero-order valence-electron chi connectivity index (χ0n) is 11.0. The quantitative estimate of drug-likeness (QED) is 0.819. The van der Waals surface area contributed by atoms with E-state index in [0.717, 1.165) is 12.0 Å². The van der Waals surface area contributed by atoms with Gasteiger partial charge in [0, 0.05) is 12.5 Å². The van der Waals surface area contributed by atoms with Crippen molar-refractivity contribution < 1.29 is 14.7 Å². The summed E-state index contributed by atoms with van der Waals surface area (Å²) in [5, 5.41) is 12.0. The van der Waals surface area contributed by atoms with E-state index in [4.69, 9.17) is 0 Å². The number of rotatable bonds is 6. The van der Waals surface area contributed by atoms with Crippen LogP contribution < -0.4 is 5.32 Å². The Labute approximate surface area is 112 Å². The molecule has 1 fully saturated rings. The molecule has 0 spiro atoms. The number of nitrogens with one attached hydrogen (secondary N) is 1. The van der Waals surface area contributed by atoms with Crippen LogP contribution in [0.5, 0.6) is 0 Å². The Balaban J connectivity index is 1.86. The number of hydrogen-bond acceptors (Lipinski definition) is 2. The van der Waals surface area contributed by atoms with Crippen LogP contribution in [0.25, 0.3) is 0 Å². The highest BCUT2D eigenvalue weighted by Crippen LogP contribution is 2.37.